The van der Waals surface area contributed by atoms with Crippen LogP contribution in [0.2, 0.25) is 5.02 Å². The highest BCUT2D eigenvalue weighted by molar-refractivity contribution is 9.10. The number of aryl methyl sites for hydroxylation is 2. The van der Waals surface area contributed by atoms with Gasteiger partial charge < -0.3 is 10.6 Å². The second-order valence-corrected chi connectivity index (χ2v) is 6.36. The number of benzene rings is 1. The van der Waals surface area contributed by atoms with Crippen molar-refractivity contribution in [2.24, 2.45) is 0 Å². The molecule has 118 valence electrons. The lowest BCUT2D eigenvalue weighted by molar-refractivity contribution is 0.570. The molecule has 0 bridgehead atoms. The third kappa shape index (κ3) is 4.93. The van der Waals surface area contributed by atoms with Crippen molar-refractivity contribution in [1.29, 1.82) is 0 Å². The maximum Gasteiger partial charge on any atom is 0.170 e. The van der Waals surface area contributed by atoms with Crippen LogP contribution in [0.25, 0.3) is 0 Å². The molecular weight excluding hydrogens is 391 g/mol. The molecule has 1 heterocycles. The summed E-state index contributed by atoms with van der Waals surface area (Å²) in [5, 5.41) is 10.9. The summed E-state index contributed by atoms with van der Waals surface area (Å²) < 4.78 is 15.9. The van der Waals surface area contributed by atoms with Crippen molar-refractivity contribution in [3.63, 3.8) is 0 Å². The molecule has 0 fully saturated rings. The first-order valence-electron chi connectivity index (χ1n) is 6.65. The van der Waals surface area contributed by atoms with Crippen molar-refractivity contribution in [2.45, 2.75) is 19.9 Å². The molecule has 0 unspecified atom stereocenters. The molecule has 8 heteroatoms. The molecule has 2 rings (SSSR count). The van der Waals surface area contributed by atoms with Gasteiger partial charge in [-0.25, -0.2) is 4.39 Å². The van der Waals surface area contributed by atoms with E-state index >= 15 is 0 Å². The predicted octanol–water partition coefficient (Wildman–Crippen LogP) is 4.12. The van der Waals surface area contributed by atoms with Gasteiger partial charge >= 0.3 is 0 Å². The number of nitrogens with one attached hydrogen (secondary N) is 2. The molecule has 2 N–H and O–H groups in total. The number of hydrogen-bond donors (Lipinski definition) is 2. The lowest BCUT2D eigenvalue weighted by Gasteiger charge is -2.11. The molecule has 1 aromatic heterocycles. The van der Waals surface area contributed by atoms with E-state index in [-0.39, 0.29) is 5.02 Å². The van der Waals surface area contributed by atoms with E-state index in [4.69, 9.17) is 23.8 Å². The van der Waals surface area contributed by atoms with Crippen LogP contribution in [0.1, 0.15) is 12.1 Å². The van der Waals surface area contributed by atoms with Gasteiger partial charge in [0.2, 0.25) is 0 Å². The molecule has 0 saturated carbocycles. The largest absolute Gasteiger partial charge is 0.362 e. The molecular formula is C14H15BrClFN4S. The molecule has 1 aromatic carbocycles. The van der Waals surface area contributed by atoms with Crippen LogP contribution in [-0.2, 0) is 6.54 Å². The third-order valence-electron chi connectivity index (χ3n) is 2.91. The zero-order valence-electron chi connectivity index (χ0n) is 11.9. The maximum absolute atomic E-state index is 13.1. The van der Waals surface area contributed by atoms with Crippen LogP contribution in [0.5, 0.6) is 0 Å². The number of aromatic nitrogens is 2. The van der Waals surface area contributed by atoms with Gasteiger partial charge in [0, 0.05) is 25.0 Å². The minimum atomic E-state index is -0.452. The van der Waals surface area contributed by atoms with Gasteiger partial charge in [-0.05, 0) is 59.7 Å². The lowest BCUT2D eigenvalue weighted by atomic mass is 10.3. The first-order valence-corrected chi connectivity index (χ1v) is 8.23. The monoisotopic (exact) mass is 404 g/mol. The summed E-state index contributed by atoms with van der Waals surface area (Å²) in [7, 11) is 0. The van der Waals surface area contributed by atoms with Crippen molar-refractivity contribution < 1.29 is 4.39 Å². The summed E-state index contributed by atoms with van der Waals surface area (Å²) in [4.78, 5) is 0. The van der Waals surface area contributed by atoms with Crippen molar-refractivity contribution in [3.05, 3.63) is 45.4 Å². The van der Waals surface area contributed by atoms with E-state index in [1.165, 1.54) is 12.1 Å². The minimum Gasteiger partial charge on any atom is -0.362 e. The molecule has 0 aliphatic heterocycles. The molecule has 2 aromatic rings. The van der Waals surface area contributed by atoms with E-state index in [9.17, 15) is 4.39 Å². The number of thiocarbonyl (C=S) groups is 1. The van der Waals surface area contributed by atoms with Gasteiger partial charge in [0.15, 0.2) is 5.11 Å². The molecule has 0 spiro atoms. The van der Waals surface area contributed by atoms with Crippen molar-refractivity contribution in [2.75, 3.05) is 11.9 Å². The van der Waals surface area contributed by atoms with E-state index in [2.05, 4.69) is 31.7 Å². The fraction of sp³-hybridized carbons (Fsp3) is 0.286. The van der Waals surface area contributed by atoms with Gasteiger partial charge in [0.25, 0.3) is 0 Å². The number of halogens is 3. The van der Waals surface area contributed by atoms with Crippen molar-refractivity contribution in [3.8, 4) is 0 Å². The number of anilines is 1. The number of rotatable bonds is 5. The topological polar surface area (TPSA) is 41.9 Å². The van der Waals surface area contributed by atoms with Crippen LogP contribution < -0.4 is 10.6 Å². The Morgan fingerprint density at radius 3 is 2.91 bits per heavy atom. The quantitative estimate of drug-likeness (QED) is 0.580. The fourth-order valence-corrected chi connectivity index (χ4v) is 2.52. The Bertz CT molecular complexity index is 657. The summed E-state index contributed by atoms with van der Waals surface area (Å²) >= 11 is 14.3. The molecule has 0 aliphatic rings. The smallest absolute Gasteiger partial charge is 0.170 e. The first kappa shape index (κ1) is 17.2. The van der Waals surface area contributed by atoms with Gasteiger partial charge in [0.05, 0.1) is 15.2 Å². The Morgan fingerprint density at radius 1 is 1.50 bits per heavy atom. The molecule has 22 heavy (non-hydrogen) atoms. The van der Waals surface area contributed by atoms with Crippen LogP contribution in [-0.4, -0.2) is 21.4 Å². The van der Waals surface area contributed by atoms with E-state index in [0.29, 0.717) is 17.3 Å². The molecule has 0 amide bonds. The van der Waals surface area contributed by atoms with Crippen LogP contribution in [0.3, 0.4) is 0 Å². The third-order valence-corrected chi connectivity index (χ3v) is 4.23. The Kier molecular flexibility index (Phi) is 6.16. The van der Waals surface area contributed by atoms with Crippen LogP contribution in [0, 0.1) is 12.7 Å². The standard InChI is InChI=1S/C14H15BrClFN4S/c1-9-11(15)8-21(20-9)6-2-5-18-14(22)19-10-3-4-13(17)12(16)7-10/h3-4,7-8H,2,5-6H2,1H3,(H2,18,19,22). The molecule has 0 saturated heterocycles. The van der Waals surface area contributed by atoms with Gasteiger partial charge in [-0.1, -0.05) is 11.6 Å². The highest BCUT2D eigenvalue weighted by Gasteiger charge is 2.03. The van der Waals surface area contributed by atoms with Gasteiger partial charge in [-0.15, -0.1) is 0 Å². The van der Waals surface area contributed by atoms with Crippen molar-refractivity contribution >= 4 is 50.5 Å². The van der Waals surface area contributed by atoms with Gasteiger partial charge in [0.1, 0.15) is 5.82 Å². The Labute approximate surface area is 147 Å². The van der Waals surface area contributed by atoms with Gasteiger partial charge in [-0.3, -0.25) is 4.68 Å². The predicted molar refractivity (Wildman–Crippen MR) is 94.9 cm³/mol. The average Bonchev–Trinajstić information content (AvgIpc) is 2.78. The number of hydrogen-bond acceptors (Lipinski definition) is 2. The highest BCUT2D eigenvalue weighted by Crippen LogP contribution is 2.19. The van der Waals surface area contributed by atoms with E-state index in [0.717, 1.165) is 23.1 Å². The Balaban J connectivity index is 1.72. The Hall–Kier alpha value is -1.18. The fourth-order valence-electron chi connectivity index (χ4n) is 1.80. The zero-order valence-corrected chi connectivity index (χ0v) is 15.0. The maximum atomic E-state index is 13.1. The SMILES string of the molecule is Cc1nn(CCCNC(=S)Nc2ccc(F)c(Cl)c2)cc1Br. The average molecular weight is 406 g/mol. The summed E-state index contributed by atoms with van der Waals surface area (Å²) in [6.07, 6.45) is 2.83. The normalized spacial score (nSPS) is 10.5. The second kappa shape index (κ2) is 7.89. The van der Waals surface area contributed by atoms with Crippen LogP contribution in [0.15, 0.2) is 28.9 Å². The summed E-state index contributed by atoms with van der Waals surface area (Å²) in [5.74, 6) is -0.452. The Morgan fingerprint density at radius 2 is 2.27 bits per heavy atom. The van der Waals surface area contributed by atoms with E-state index in [1.54, 1.807) is 6.07 Å². The summed E-state index contributed by atoms with van der Waals surface area (Å²) in [6.45, 7) is 3.45. The number of nitrogens with zero attached hydrogens (tertiary/aromatic N) is 2. The minimum absolute atomic E-state index is 0.0624. The molecule has 0 aliphatic carbocycles. The van der Waals surface area contributed by atoms with Crippen LogP contribution >= 0.6 is 39.7 Å². The van der Waals surface area contributed by atoms with Crippen molar-refractivity contribution in [1.82, 2.24) is 15.1 Å². The van der Waals surface area contributed by atoms with E-state index < -0.39 is 5.82 Å². The molecule has 4 nitrogen and oxygen atoms in total. The lowest BCUT2D eigenvalue weighted by Crippen LogP contribution is -2.29. The van der Waals surface area contributed by atoms with Crippen LogP contribution in [0.4, 0.5) is 10.1 Å². The van der Waals surface area contributed by atoms with Gasteiger partial charge in [-0.2, -0.15) is 5.10 Å². The zero-order chi connectivity index (χ0) is 16.1. The second-order valence-electron chi connectivity index (χ2n) is 4.69. The van der Waals surface area contributed by atoms with E-state index in [1.807, 2.05) is 17.8 Å². The highest BCUT2D eigenvalue weighted by atomic mass is 79.9. The first-order chi connectivity index (χ1) is 10.5. The molecule has 0 atom stereocenters. The molecule has 0 radical (unpaired) electrons. The summed E-state index contributed by atoms with van der Waals surface area (Å²) in [6, 6.07) is 4.37. The summed E-state index contributed by atoms with van der Waals surface area (Å²) in [5.41, 5.74) is 1.62.